The molecule has 102 valence electrons. The van der Waals surface area contributed by atoms with E-state index in [4.69, 9.17) is 5.73 Å². The summed E-state index contributed by atoms with van der Waals surface area (Å²) < 4.78 is 4.23. The van der Waals surface area contributed by atoms with Crippen molar-refractivity contribution in [1.82, 2.24) is 14.3 Å². The molecule has 3 N–H and O–H groups in total. The highest BCUT2D eigenvalue weighted by Crippen LogP contribution is 2.36. The molecule has 5 nitrogen and oxygen atoms in total. The zero-order chi connectivity index (χ0) is 13.9. The van der Waals surface area contributed by atoms with E-state index in [-0.39, 0.29) is 0 Å². The molecule has 0 fully saturated rings. The molecule has 0 aliphatic rings. The van der Waals surface area contributed by atoms with Crippen molar-refractivity contribution >= 4 is 33.7 Å². The average molecular weight is 303 g/mol. The monoisotopic (exact) mass is 303 g/mol. The zero-order valence-corrected chi connectivity index (χ0v) is 12.5. The molecule has 0 saturated carbocycles. The molecule has 0 saturated heterocycles. The van der Waals surface area contributed by atoms with E-state index in [9.17, 15) is 0 Å². The van der Waals surface area contributed by atoms with Gasteiger partial charge in [-0.25, -0.2) is 4.98 Å². The fourth-order valence-corrected chi connectivity index (χ4v) is 3.34. The molecule has 0 aliphatic heterocycles. The minimum atomic E-state index is 0.546. The number of nitrogen functional groups attached to an aromatic ring is 1. The molecule has 0 amide bonds. The Balaban J connectivity index is 1.84. The quantitative estimate of drug-likeness (QED) is 0.774. The van der Waals surface area contributed by atoms with E-state index in [1.807, 2.05) is 25.3 Å². The van der Waals surface area contributed by atoms with E-state index in [2.05, 4.69) is 19.7 Å². The van der Waals surface area contributed by atoms with Crippen molar-refractivity contribution in [2.75, 3.05) is 11.1 Å². The molecule has 3 aromatic heterocycles. The highest BCUT2D eigenvalue weighted by molar-refractivity contribution is 7.12. The van der Waals surface area contributed by atoms with Crippen molar-refractivity contribution in [3.8, 4) is 11.1 Å². The van der Waals surface area contributed by atoms with E-state index < -0.39 is 0 Å². The highest BCUT2D eigenvalue weighted by atomic mass is 32.1. The number of thiazole rings is 1. The lowest BCUT2D eigenvalue weighted by molar-refractivity contribution is 1.18. The van der Waals surface area contributed by atoms with E-state index in [1.54, 1.807) is 23.7 Å². The van der Waals surface area contributed by atoms with Crippen molar-refractivity contribution in [1.29, 1.82) is 0 Å². The molecular weight excluding hydrogens is 290 g/mol. The van der Waals surface area contributed by atoms with Gasteiger partial charge in [-0.15, -0.1) is 11.3 Å². The van der Waals surface area contributed by atoms with Gasteiger partial charge in [-0.05, 0) is 36.2 Å². The third kappa shape index (κ3) is 2.63. The van der Waals surface area contributed by atoms with Crippen LogP contribution in [-0.2, 0) is 6.54 Å². The number of anilines is 2. The van der Waals surface area contributed by atoms with Gasteiger partial charge in [-0.2, -0.15) is 4.37 Å². The summed E-state index contributed by atoms with van der Waals surface area (Å²) in [5.74, 6) is 0.546. The smallest absolute Gasteiger partial charge is 0.147 e. The largest absolute Gasteiger partial charge is 0.382 e. The Morgan fingerprint density at radius 2 is 2.10 bits per heavy atom. The van der Waals surface area contributed by atoms with Crippen LogP contribution in [0.4, 0.5) is 10.8 Å². The molecular formula is C13H13N5S2. The Bertz CT molecular complexity index is 705. The van der Waals surface area contributed by atoms with Gasteiger partial charge in [-0.3, -0.25) is 4.98 Å². The third-order valence-electron chi connectivity index (χ3n) is 2.78. The minimum absolute atomic E-state index is 0.546. The fraction of sp³-hybridized carbons (Fsp3) is 0.154. The first-order valence-electron chi connectivity index (χ1n) is 6.05. The van der Waals surface area contributed by atoms with Crippen LogP contribution in [0.15, 0.2) is 30.7 Å². The van der Waals surface area contributed by atoms with Crippen molar-refractivity contribution < 1.29 is 0 Å². The summed E-state index contributed by atoms with van der Waals surface area (Å²) in [6.07, 6.45) is 5.40. The van der Waals surface area contributed by atoms with Gasteiger partial charge in [0.2, 0.25) is 0 Å². The zero-order valence-electron chi connectivity index (χ0n) is 10.8. The van der Waals surface area contributed by atoms with E-state index in [0.29, 0.717) is 5.82 Å². The number of hydrogen-bond donors (Lipinski definition) is 2. The SMILES string of the molecule is Cc1ncc(CNc2snc(N)c2-c2ccncc2)s1. The number of rotatable bonds is 4. The van der Waals surface area contributed by atoms with Crippen molar-refractivity contribution in [3.63, 3.8) is 0 Å². The number of aromatic nitrogens is 3. The van der Waals surface area contributed by atoms with Crippen LogP contribution < -0.4 is 11.1 Å². The van der Waals surface area contributed by atoms with E-state index in [0.717, 1.165) is 27.7 Å². The second-order valence-corrected chi connectivity index (χ2v) is 6.30. The Morgan fingerprint density at radius 3 is 2.80 bits per heavy atom. The first-order chi connectivity index (χ1) is 9.74. The summed E-state index contributed by atoms with van der Waals surface area (Å²) in [6, 6.07) is 3.87. The van der Waals surface area contributed by atoms with Crippen LogP contribution in [0.5, 0.6) is 0 Å². The van der Waals surface area contributed by atoms with Gasteiger partial charge in [0.15, 0.2) is 0 Å². The summed E-state index contributed by atoms with van der Waals surface area (Å²) in [6.45, 7) is 2.73. The summed E-state index contributed by atoms with van der Waals surface area (Å²) in [4.78, 5) is 9.46. The first-order valence-corrected chi connectivity index (χ1v) is 7.64. The Labute approximate surface area is 124 Å². The average Bonchev–Trinajstić information content (AvgIpc) is 3.03. The Hall–Kier alpha value is -1.99. The van der Waals surface area contributed by atoms with Gasteiger partial charge in [0.1, 0.15) is 10.8 Å². The number of aryl methyl sites for hydroxylation is 1. The van der Waals surface area contributed by atoms with Gasteiger partial charge in [0, 0.05) is 23.5 Å². The molecule has 0 radical (unpaired) electrons. The normalized spacial score (nSPS) is 10.7. The predicted octanol–water partition coefficient (Wildman–Crippen LogP) is 3.16. The molecule has 0 aliphatic carbocycles. The highest BCUT2D eigenvalue weighted by Gasteiger charge is 2.13. The topological polar surface area (TPSA) is 76.7 Å². The molecule has 0 unspecified atom stereocenters. The number of nitrogens with one attached hydrogen (secondary N) is 1. The fourth-order valence-electron chi connectivity index (χ4n) is 1.88. The number of hydrogen-bond acceptors (Lipinski definition) is 7. The lowest BCUT2D eigenvalue weighted by atomic mass is 10.1. The molecule has 0 aromatic carbocycles. The molecule has 3 rings (SSSR count). The lowest BCUT2D eigenvalue weighted by Gasteiger charge is -2.05. The summed E-state index contributed by atoms with van der Waals surface area (Å²) in [5.41, 5.74) is 7.94. The van der Waals surface area contributed by atoms with Crippen LogP contribution in [0.25, 0.3) is 11.1 Å². The van der Waals surface area contributed by atoms with Crippen LogP contribution in [-0.4, -0.2) is 14.3 Å². The summed E-state index contributed by atoms with van der Waals surface area (Å²) in [5, 5.41) is 5.43. The van der Waals surface area contributed by atoms with E-state index >= 15 is 0 Å². The standard InChI is InChI=1S/C13H13N5S2/c1-8-16-6-10(19-8)7-17-13-11(12(14)18-20-13)9-2-4-15-5-3-9/h2-6,17H,7H2,1H3,(H2,14,18). The van der Waals surface area contributed by atoms with Gasteiger partial charge < -0.3 is 11.1 Å². The van der Waals surface area contributed by atoms with Crippen molar-refractivity contribution in [3.05, 3.63) is 40.6 Å². The Morgan fingerprint density at radius 1 is 1.30 bits per heavy atom. The first kappa shape index (κ1) is 13.0. The molecule has 20 heavy (non-hydrogen) atoms. The van der Waals surface area contributed by atoms with Crippen LogP contribution in [0, 0.1) is 6.92 Å². The number of pyridine rings is 1. The molecule has 0 spiro atoms. The maximum Gasteiger partial charge on any atom is 0.147 e. The number of nitrogens with zero attached hydrogens (tertiary/aromatic N) is 3. The van der Waals surface area contributed by atoms with Crippen LogP contribution in [0.3, 0.4) is 0 Å². The predicted molar refractivity (Wildman–Crippen MR) is 83.9 cm³/mol. The van der Waals surface area contributed by atoms with Gasteiger partial charge in [0.05, 0.1) is 17.1 Å². The maximum absolute atomic E-state index is 5.98. The van der Waals surface area contributed by atoms with Crippen LogP contribution >= 0.6 is 22.9 Å². The van der Waals surface area contributed by atoms with Gasteiger partial charge >= 0.3 is 0 Å². The van der Waals surface area contributed by atoms with Gasteiger partial charge in [-0.1, -0.05) is 0 Å². The Kier molecular flexibility index (Phi) is 3.62. The third-order valence-corrected chi connectivity index (χ3v) is 4.51. The second kappa shape index (κ2) is 5.56. The van der Waals surface area contributed by atoms with Crippen molar-refractivity contribution in [2.45, 2.75) is 13.5 Å². The summed E-state index contributed by atoms with van der Waals surface area (Å²) in [7, 11) is 0. The summed E-state index contributed by atoms with van der Waals surface area (Å²) >= 11 is 3.06. The van der Waals surface area contributed by atoms with Crippen molar-refractivity contribution in [2.24, 2.45) is 0 Å². The van der Waals surface area contributed by atoms with Gasteiger partial charge in [0.25, 0.3) is 0 Å². The molecule has 0 atom stereocenters. The molecule has 3 aromatic rings. The number of nitrogens with two attached hydrogens (primary N) is 1. The maximum atomic E-state index is 5.98. The second-order valence-electron chi connectivity index (χ2n) is 4.21. The molecule has 3 heterocycles. The minimum Gasteiger partial charge on any atom is -0.382 e. The molecule has 0 bridgehead atoms. The van der Waals surface area contributed by atoms with Crippen LogP contribution in [0.2, 0.25) is 0 Å². The molecule has 7 heteroatoms. The van der Waals surface area contributed by atoms with Crippen LogP contribution in [0.1, 0.15) is 9.88 Å². The van der Waals surface area contributed by atoms with E-state index in [1.165, 1.54) is 16.4 Å². The lowest BCUT2D eigenvalue weighted by Crippen LogP contribution is -1.97.